The summed E-state index contributed by atoms with van der Waals surface area (Å²) in [5, 5.41) is 1.22. The Labute approximate surface area is 188 Å². The lowest BCUT2D eigenvalue weighted by atomic mass is 10.1. The maximum atomic E-state index is 13.4. The van der Waals surface area contributed by atoms with E-state index in [1.807, 2.05) is 12.1 Å². The third kappa shape index (κ3) is 4.95. The molecule has 1 aromatic heterocycles. The van der Waals surface area contributed by atoms with Gasteiger partial charge < -0.3 is 4.74 Å². The van der Waals surface area contributed by atoms with Crippen LogP contribution in [0.5, 0.6) is 5.75 Å². The van der Waals surface area contributed by atoms with Crippen LogP contribution in [0, 0.1) is 5.82 Å². The van der Waals surface area contributed by atoms with Crippen LogP contribution in [0.15, 0.2) is 77.7 Å². The zero-order valence-electron chi connectivity index (χ0n) is 16.4. The number of benzene rings is 3. The lowest BCUT2D eigenvalue weighted by Crippen LogP contribution is -1.96. The van der Waals surface area contributed by atoms with Crippen molar-refractivity contribution in [3.63, 3.8) is 0 Å². The Hall–Kier alpha value is -2.74. The molecule has 158 valence electrons. The Balaban J connectivity index is 1.72. The van der Waals surface area contributed by atoms with E-state index < -0.39 is 9.84 Å². The molecule has 0 aliphatic heterocycles. The van der Waals surface area contributed by atoms with Crippen molar-refractivity contribution >= 4 is 32.8 Å². The predicted molar refractivity (Wildman–Crippen MR) is 122 cm³/mol. The molecule has 1 heterocycles. The second kappa shape index (κ2) is 8.78. The topological polar surface area (TPSA) is 56.3 Å². The van der Waals surface area contributed by atoms with Crippen LogP contribution >= 0.6 is 22.9 Å². The predicted octanol–water partition coefficient (Wildman–Crippen LogP) is 6.25. The molecule has 0 fully saturated rings. The highest BCUT2D eigenvalue weighted by atomic mass is 35.5. The minimum absolute atomic E-state index is 0.212. The van der Waals surface area contributed by atoms with E-state index in [9.17, 15) is 12.8 Å². The molecule has 0 amide bonds. The zero-order chi connectivity index (χ0) is 22.0. The van der Waals surface area contributed by atoms with Gasteiger partial charge in [-0.25, -0.2) is 17.8 Å². The van der Waals surface area contributed by atoms with Gasteiger partial charge in [0.1, 0.15) is 23.2 Å². The van der Waals surface area contributed by atoms with Crippen molar-refractivity contribution in [1.82, 2.24) is 4.98 Å². The van der Waals surface area contributed by atoms with Crippen molar-refractivity contribution in [2.45, 2.75) is 11.5 Å². The van der Waals surface area contributed by atoms with E-state index in [1.165, 1.54) is 29.7 Å². The number of halogens is 2. The van der Waals surface area contributed by atoms with Crippen molar-refractivity contribution in [3.8, 4) is 27.4 Å². The third-order valence-corrected chi connectivity index (χ3v) is 7.04. The van der Waals surface area contributed by atoms with E-state index in [-0.39, 0.29) is 17.3 Å². The highest BCUT2D eigenvalue weighted by molar-refractivity contribution is 7.90. The minimum Gasteiger partial charge on any atom is -0.485 e. The fraction of sp³-hybridized carbons (Fsp3) is 0.0870. The van der Waals surface area contributed by atoms with Gasteiger partial charge in [0.05, 0.1) is 20.5 Å². The molecule has 0 spiro atoms. The van der Waals surface area contributed by atoms with Crippen LogP contribution in [0.3, 0.4) is 0 Å². The standard InChI is InChI=1S/C23H17ClFNO3S2/c1-31(27,28)18-12-8-16(9-13-18)23-22(15-6-10-17(25)11-7-15)26-21(30-23)14-29-20-5-3-2-4-19(20)24/h2-13H,14H2,1H3. The summed E-state index contributed by atoms with van der Waals surface area (Å²) < 4.78 is 42.8. The monoisotopic (exact) mass is 473 g/mol. The lowest BCUT2D eigenvalue weighted by Gasteiger charge is -2.05. The zero-order valence-corrected chi connectivity index (χ0v) is 18.8. The molecule has 8 heteroatoms. The van der Waals surface area contributed by atoms with E-state index in [2.05, 4.69) is 0 Å². The number of aromatic nitrogens is 1. The molecule has 0 N–H and O–H groups in total. The second-order valence-electron chi connectivity index (χ2n) is 6.81. The molecule has 0 aliphatic carbocycles. The van der Waals surface area contributed by atoms with Gasteiger partial charge in [0.2, 0.25) is 0 Å². The van der Waals surface area contributed by atoms with E-state index in [4.69, 9.17) is 21.3 Å². The van der Waals surface area contributed by atoms with E-state index >= 15 is 0 Å². The summed E-state index contributed by atoms with van der Waals surface area (Å²) in [7, 11) is -3.29. The molecule has 0 atom stereocenters. The van der Waals surface area contributed by atoms with Gasteiger partial charge in [-0.05, 0) is 54.1 Å². The molecule has 0 saturated heterocycles. The van der Waals surface area contributed by atoms with Gasteiger partial charge in [-0.3, -0.25) is 0 Å². The second-order valence-corrected chi connectivity index (χ2v) is 10.3. The summed E-state index contributed by atoms with van der Waals surface area (Å²) in [6.45, 7) is 0.212. The van der Waals surface area contributed by atoms with Gasteiger partial charge in [0.25, 0.3) is 0 Å². The molecule has 4 rings (SSSR count). The number of sulfone groups is 1. The van der Waals surface area contributed by atoms with Gasteiger partial charge in [-0.2, -0.15) is 0 Å². The molecular formula is C23H17ClFNO3S2. The van der Waals surface area contributed by atoms with Crippen LogP contribution in [-0.2, 0) is 16.4 Å². The first-order chi connectivity index (χ1) is 14.8. The number of rotatable bonds is 6. The van der Waals surface area contributed by atoms with Crippen LogP contribution in [0.2, 0.25) is 5.02 Å². The quantitative estimate of drug-likeness (QED) is 0.332. The molecule has 0 radical (unpaired) electrons. The molecule has 0 unspecified atom stereocenters. The Morgan fingerprint density at radius 2 is 1.61 bits per heavy atom. The molecular weight excluding hydrogens is 457 g/mol. The maximum absolute atomic E-state index is 13.4. The average molecular weight is 474 g/mol. The first-order valence-electron chi connectivity index (χ1n) is 9.25. The Morgan fingerprint density at radius 3 is 2.26 bits per heavy atom. The molecule has 4 aromatic rings. The van der Waals surface area contributed by atoms with Crippen LogP contribution in [0.25, 0.3) is 21.7 Å². The van der Waals surface area contributed by atoms with Gasteiger partial charge in [0, 0.05) is 11.8 Å². The Kier molecular flexibility index (Phi) is 6.09. The molecule has 0 saturated carbocycles. The average Bonchev–Trinajstić information content (AvgIpc) is 3.17. The number of ether oxygens (including phenoxy) is 1. The SMILES string of the molecule is CS(=O)(=O)c1ccc(-c2sc(COc3ccccc3Cl)nc2-c2ccc(F)cc2)cc1. The number of nitrogens with zero attached hydrogens (tertiary/aromatic N) is 1. The fourth-order valence-electron chi connectivity index (χ4n) is 2.98. The number of hydrogen-bond donors (Lipinski definition) is 0. The smallest absolute Gasteiger partial charge is 0.175 e. The summed E-state index contributed by atoms with van der Waals surface area (Å²) in [6, 6.07) is 19.9. The van der Waals surface area contributed by atoms with Crippen LogP contribution < -0.4 is 4.74 Å². The molecule has 31 heavy (non-hydrogen) atoms. The Bertz CT molecular complexity index is 1320. The number of para-hydroxylation sites is 1. The van der Waals surface area contributed by atoms with E-state index in [0.717, 1.165) is 16.0 Å². The normalized spacial score (nSPS) is 11.5. The summed E-state index contributed by atoms with van der Waals surface area (Å²) in [4.78, 5) is 5.79. The van der Waals surface area contributed by atoms with Crippen LogP contribution in [0.4, 0.5) is 4.39 Å². The minimum atomic E-state index is -3.29. The summed E-state index contributed by atoms with van der Waals surface area (Å²) in [5.74, 6) is 0.224. The van der Waals surface area contributed by atoms with Crippen molar-refractivity contribution in [3.05, 3.63) is 88.6 Å². The highest BCUT2D eigenvalue weighted by Crippen LogP contribution is 2.38. The van der Waals surface area contributed by atoms with Crippen LogP contribution in [-0.4, -0.2) is 19.7 Å². The van der Waals surface area contributed by atoms with Gasteiger partial charge in [-0.1, -0.05) is 35.9 Å². The molecule has 0 aliphatic rings. The van der Waals surface area contributed by atoms with E-state index in [1.54, 1.807) is 48.5 Å². The van der Waals surface area contributed by atoms with Gasteiger partial charge in [-0.15, -0.1) is 11.3 Å². The summed E-state index contributed by atoms with van der Waals surface area (Å²) >= 11 is 7.59. The van der Waals surface area contributed by atoms with Crippen molar-refractivity contribution < 1.29 is 17.5 Å². The maximum Gasteiger partial charge on any atom is 0.175 e. The molecule has 3 aromatic carbocycles. The largest absolute Gasteiger partial charge is 0.485 e. The first-order valence-corrected chi connectivity index (χ1v) is 12.3. The number of thiazole rings is 1. The lowest BCUT2D eigenvalue weighted by molar-refractivity contribution is 0.306. The Morgan fingerprint density at radius 1 is 0.968 bits per heavy atom. The van der Waals surface area contributed by atoms with Crippen molar-refractivity contribution in [1.29, 1.82) is 0 Å². The van der Waals surface area contributed by atoms with Crippen LogP contribution in [0.1, 0.15) is 5.01 Å². The van der Waals surface area contributed by atoms with Crippen molar-refractivity contribution in [2.24, 2.45) is 0 Å². The number of hydrogen-bond acceptors (Lipinski definition) is 5. The van der Waals surface area contributed by atoms with Gasteiger partial charge >= 0.3 is 0 Å². The first kappa shape index (κ1) is 21.5. The summed E-state index contributed by atoms with van der Waals surface area (Å²) in [6.07, 6.45) is 1.17. The molecule has 4 nitrogen and oxygen atoms in total. The summed E-state index contributed by atoms with van der Waals surface area (Å²) in [5.41, 5.74) is 2.24. The highest BCUT2D eigenvalue weighted by Gasteiger charge is 2.17. The molecule has 0 bridgehead atoms. The van der Waals surface area contributed by atoms with Crippen molar-refractivity contribution in [2.75, 3.05) is 6.26 Å². The van der Waals surface area contributed by atoms with Gasteiger partial charge in [0.15, 0.2) is 9.84 Å². The van der Waals surface area contributed by atoms with E-state index in [0.29, 0.717) is 21.5 Å². The fourth-order valence-corrected chi connectivity index (χ4v) is 4.81. The third-order valence-electron chi connectivity index (χ3n) is 4.52.